The van der Waals surface area contributed by atoms with Crippen LogP contribution in [0.2, 0.25) is 0 Å². The van der Waals surface area contributed by atoms with E-state index in [-0.39, 0.29) is 17.9 Å². The molecule has 2 aromatic rings. The molecule has 0 aliphatic carbocycles. The highest BCUT2D eigenvalue weighted by atomic mass is 16.2. The molecule has 154 valence electrons. The second-order valence-corrected chi connectivity index (χ2v) is 7.51. The third-order valence-electron chi connectivity index (χ3n) is 5.65. The maximum Gasteiger partial charge on any atom is 0.262 e. The number of imide groups is 1. The lowest BCUT2D eigenvalue weighted by atomic mass is 10.0. The van der Waals surface area contributed by atoms with Crippen LogP contribution in [0, 0.1) is 0 Å². The third kappa shape index (κ3) is 3.56. The van der Waals surface area contributed by atoms with E-state index >= 15 is 0 Å². The fourth-order valence-electron chi connectivity index (χ4n) is 3.90. The average Bonchev–Trinajstić information content (AvgIpc) is 3.04. The van der Waals surface area contributed by atoms with Crippen LogP contribution in [0.25, 0.3) is 0 Å². The Kier molecular flexibility index (Phi) is 5.31. The molecule has 30 heavy (non-hydrogen) atoms. The van der Waals surface area contributed by atoms with Crippen molar-refractivity contribution in [1.82, 2.24) is 20.1 Å². The number of pyridine rings is 1. The maximum absolute atomic E-state index is 12.7. The molecule has 0 radical (unpaired) electrons. The van der Waals surface area contributed by atoms with E-state index in [1.54, 1.807) is 60.6 Å². The Morgan fingerprint density at radius 1 is 1.00 bits per heavy atom. The highest BCUT2D eigenvalue weighted by Gasteiger charge is 2.41. The number of hydrogen-bond acceptors (Lipinski definition) is 5. The Hall–Kier alpha value is -3.55. The van der Waals surface area contributed by atoms with Crippen molar-refractivity contribution in [1.29, 1.82) is 0 Å². The zero-order chi connectivity index (χ0) is 21.3. The lowest BCUT2D eigenvalue weighted by molar-refractivity contribution is -0.125. The van der Waals surface area contributed by atoms with Crippen molar-refractivity contribution in [3.05, 3.63) is 65.5 Å². The molecule has 1 aromatic heterocycles. The summed E-state index contributed by atoms with van der Waals surface area (Å²) in [5.74, 6) is -1.32. The highest BCUT2D eigenvalue weighted by Crippen LogP contribution is 2.24. The summed E-state index contributed by atoms with van der Waals surface area (Å²) in [4.78, 5) is 57.1. The molecule has 4 rings (SSSR count). The first-order valence-electron chi connectivity index (χ1n) is 9.94. The number of amides is 4. The number of likely N-dealkylation sites (tertiary alicyclic amines) is 1. The van der Waals surface area contributed by atoms with Crippen LogP contribution in [0.1, 0.15) is 50.8 Å². The molecule has 1 atom stereocenters. The summed E-state index contributed by atoms with van der Waals surface area (Å²) in [6.07, 6.45) is 4.39. The van der Waals surface area contributed by atoms with Gasteiger partial charge in [0.05, 0.1) is 11.1 Å². The van der Waals surface area contributed by atoms with Crippen LogP contribution >= 0.6 is 0 Å². The monoisotopic (exact) mass is 406 g/mol. The number of nitrogens with zero attached hydrogens (tertiary/aromatic N) is 3. The van der Waals surface area contributed by atoms with E-state index in [9.17, 15) is 19.2 Å². The lowest BCUT2D eigenvalue weighted by Crippen LogP contribution is -2.53. The van der Waals surface area contributed by atoms with Gasteiger partial charge in [-0.1, -0.05) is 12.1 Å². The molecule has 2 aliphatic heterocycles. The van der Waals surface area contributed by atoms with Crippen LogP contribution < -0.4 is 5.32 Å². The average molecular weight is 406 g/mol. The van der Waals surface area contributed by atoms with Crippen molar-refractivity contribution in [3.8, 4) is 0 Å². The molecule has 1 aromatic carbocycles. The third-order valence-corrected chi connectivity index (χ3v) is 5.65. The van der Waals surface area contributed by atoms with Crippen molar-refractivity contribution in [3.63, 3.8) is 0 Å². The molecule has 2 aliphatic rings. The molecule has 0 spiro atoms. The quantitative estimate of drug-likeness (QED) is 0.776. The fraction of sp³-hybridized carbons (Fsp3) is 0.318. The van der Waals surface area contributed by atoms with E-state index in [1.807, 2.05) is 0 Å². The summed E-state index contributed by atoms with van der Waals surface area (Å²) in [6.45, 7) is 2.60. The summed E-state index contributed by atoms with van der Waals surface area (Å²) in [7, 11) is 0. The van der Waals surface area contributed by atoms with Gasteiger partial charge in [-0.2, -0.15) is 0 Å². The van der Waals surface area contributed by atoms with E-state index in [1.165, 1.54) is 0 Å². The number of carbonyl (C=O) groups excluding carboxylic acids is 4. The molecule has 0 bridgehead atoms. The molecule has 1 unspecified atom stereocenters. The largest absolute Gasteiger partial charge is 0.351 e. The van der Waals surface area contributed by atoms with Gasteiger partial charge in [-0.25, -0.2) is 0 Å². The molecular formula is C22H22N4O4. The minimum atomic E-state index is -0.908. The van der Waals surface area contributed by atoms with Crippen LogP contribution in [0.15, 0.2) is 48.8 Å². The van der Waals surface area contributed by atoms with Gasteiger partial charge in [-0.3, -0.25) is 29.1 Å². The molecule has 4 amide bonds. The van der Waals surface area contributed by atoms with Gasteiger partial charge in [0.1, 0.15) is 6.04 Å². The normalized spacial score (nSPS) is 17.6. The number of rotatable bonds is 4. The van der Waals surface area contributed by atoms with Crippen molar-refractivity contribution in [2.45, 2.75) is 31.8 Å². The van der Waals surface area contributed by atoms with Gasteiger partial charge in [0.2, 0.25) is 5.91 Å². The van der Waals surface area contributed by atoms with Gasteiger partial charge in [-0.05, 0) is 44.0 Å². The van der Waals surface area contributed by atoms with Crippen LogP contribution in [0.5, 0.6) is 0 Å². The number of nitrogens with one attached hydrogen (secondary N) is 1. The predicted octanol–water partition coefficient (Wildman–Crippen LogP) is 1.49. The summed E-state index contributed by atoms with van der Waals surface area (Å²) < 4.78 is 0. The van der Waals surface area contributed by atoms with E-state index < -0.39 is 17.9 Å². The molecule has 1 N–H and O–H groups in total. The zero-order valence-corrected chi connectivity index (χ0v) is 16.6. The van der Waals surface area contributed by atoms with Gasteiger partial charge in [0, 0.05) is 37.1 Å². The minimum Gasteiger partial charge on any atom is -0.351 e. The van der Waals surface area contributed by atoms with Gasteiger partial charge < -0.3 is 10.2 Å². The fourth-order valence-corrected chi connectivity index (χ4v) is 3.90. The summed E-state index contributed by atoms with van der Waals surface area (Å²) in [5, 5.41) is 2.93. The Morgan fingerprint density at radius 2 is 1.57 bits per heavy atom. The second kappa shape index (κ2) is 8.06. The van der Waals surface area contributed by atoms with Crippen molar-refractivity contribution in [2.24, 2.45) is 0 Å². The SMILES string of the molecule is CC(C(=O)NC1CCN(C(=O)c2ccncc2)CC1)N1C(=O)c2ccccc2C1=O. The Bertz CT molecular complexity index is 964. The van der Waals surface area contributed by atoms with Gasteiger partial charge in [0.25, 0.3) is 17.7 Å². The number of piperidine rings is 1. The molecule has 1 saturated heterocycles. The number of aromatic nitrogens is 1. The zero-order valence-electron chi connectivity index (χ0n) is 16.6. The molecule has 0 saturated carbocycles. The molecule has 8 heteroatoms. The van der Waals surface area contributed by atoms with Gasteiger partial charge >= 0.3 is 0 Å². The van der Waals surface area contributed by atoms with Gasteiger partial charge in [-0.15, -0.1) is 0 Å². The van der Waals surface area contributed by atoms with Crippen LogP contribution in [0.3, 0.4) is 0 Å². The lowest BCUT2D eigenvalue weighted by Gasteiger charge is -2.33. The number of hydrogen-bond donors (Lipinski definition) is 1. The standard InChI is InChI=1S/C22H22N4O4/c1-14(26-21(29)17-4-2-3-5-18(17)22(26)30)19(27)24-16-8-12-25(13-9-16)20(28)15-6-10-23-11-7-15/h2-7,10-11,14,16H,8-9,12-13H2,1H3,(H,24,27). The Morgan fingerprint density at radius 3 is 2.13 bits per heavy atom. The van der Waals surface area contributed by atoms with E-state index in [2.05, 4.69) is 10.3 Å². The number of carbonyl (C=O) groups is 4. The minimum absolute atomic E-state index is 0.0541. The van der Waals surface area contributed by atoms with Crippen LogP contribution in [-0.2, 0) is 4.79 Å². The Labute approximate surface area is 173 Å². The topological polar surface area (TPSA) is 99.7 Å². The van der Waals surface area contributed by atoms with Crippen LogP contribution in [0.4, 0.5) is 0 Å². The summed E-state index contributed by atoms with van der Waals surface area (Å²) in [5.41, 5.74) is 1.24. The summed E-state index contributed by atoms with van der Waals surface area (Å²) in [6, 6.07) is 8.91. The molecular weight excluding hydrogens is 384 g/mol. The van der Waals surface area contributed by atoms with Crippen molar-refractivity contribution >= 4 is 23.6 Å². The highest BCUT2D eigenvalue weighted by molar-refractivity contribution is 6.22. The first-order valence-corrected chi connectivity index (χ1v) is 9.94. The smallest absolute Gasteiger partial charge is 0.262 e. The first kappa shape index (κ1) is 19.8. The molecule has 1 fully saturated rings. The Balaban J connectivity index is 1.34. The summed E-state index contributed by atoms with van der Waals surface area (Å²) >= 11 is 0. The predicted molar refractivity (Wildman–Crippen MR) is 108 cm³/mol. The molecule has 8 nitrogen and oxygen atoms in total. The van der Waals surface area contributed by atoms with Crippen molar-refractivity contribution < 1.29 is 19.2 Å². The second-order valence-electron chi connectivity index (χ2n) is 7.51. The molecule has 3 heterocycles. The van der Waals surface area contributed by atoms with Crippen molar-refractivity contribution in [2.75, 3.05) is 13.1 Å². The van der Waals surface area contributed by atoms with E-state index in [4.69, 9.17) is 0 Å². The number of benzene rings is 1. The van der Waals surface area contributed by atoms with E-state index in [0.717, 1.165) is 4.90 Å². The first-order chi connectivity index (χ1) is 14.5. The number of fused-ring (bicyclic) bond motifs is 1. The maximum atomic E-state index is 12.7. The van der Waals surface area contributed by atoms with Gasteiger partial charge in [0.15, 0.2) is 0 Å². The van der Waals surface area contributed by atoms with Crippen LogP contribution in [-0.4, -0.2) is 63.6 Å². The van der Waals surface area contributed by atoms with E-state index in [0.29, 0.717) is 42.6 Å².